The van der Waals surface area contributed by atoms with Gasteiger partial charge in [-0.1, -0.05) is 31.4 Å². The number of hydrogen-bond donors (Lipinski definition) is 1. The Morgan fingerprint density at radius 2 is 1.77 bits per heavy atom. The normalized spacial score (nSPS) is 19.4. The average molecular weight is 358 g/mol. The van der Waals surface area contributed by atoms with E-state index in [4.69, 9.17) is 0 Å². The van der Waals surface area contributed by atoms with Crippen LogP contribution in [0.5, 0.6) is 0 Å². The van der Waals surface area contributed by atoms with Gasteiger partial charge in [0.15, 0.2) is 0 Å². The van der Waals surface area contributed by atoms with E-state index in [0.717, 1.165) is 37.8 Å². The Labute approximate surface area is 153 Å². The van der Waals surface area contributed by atoms with E-state index < -0.39 is 11.5 Å². The molecule has 1 saturated heterocycles. The molecule has 2 fully saturated rings. The molecule has 26 heavy (non-hydrogen) atoms. The van der Waals surface area contributed by atoms with Crippen LogP contribution in [0.4, 0.5) is 0 Å². The Balaban J connectivity index is 1.72. The van der Waals surface area contributed by atoms with E-state index in [-0.39, 0.29) is 11.8 Å². The Kier molecular flexibility index (Phi) is 5.30. The van der Waals surface area contributed by atoms with Gasteiger partial charge in [0.25, 0.3) is 5.91 Å². The number of benzene rings is 1. The van der Waals surface area contributed by atoms with Crippen LogP contribution in [-0.4, -0.2) is 51.8 Å². The summed E-state index contributed by atoms with van der Waals surface area (Å²) < 4.78 is 0. The number of rotatable bonds is 5. The third-order valence-corrected chi connectivity index (χ3v) is 5.77. The topological polar surface area (TPSA) is 77.9 Å². The molecule has 0 aromatic heterocycles. The summed E-state index contributed by atoms with van der Waals surface area (Å²) in [6.45, 7) is 1.34. The molecule has 1 heterocycles. The first-order valence-electron chi connectivity index (χ1n) is 9.32. The molecule has 0 unspecified atom stereocenters. The number of aliphatic carboxylic acids is 1. The van der Waals surface area contributed by atoms with Gasteiger partial charge in [-0.05, 0) is 37.0 Å². The summed E-state index contributed by atoms with van der Waals surface area (Å²) in [5, 5.41) is 9.75. The van der Waals surface area contributed by atoms with E-state index >= 15 is 0 Å². The Bertz CT molecular complexity index is 692. The second-order valence-electron chi connectivity index (χ2n) is 7.38. The molecule has 2 amide bonds. The standard InChI is InChI=1S/C20H26N2O4/c1-21(20(19(25)26)11-3-2-4-12-20)18(24)16-9-7-15(8-10-16)14-22-13-5-6-17(22)23/h7-10H,2-6,11-14H2,1H3,(H,25,26). The van der Waals surface area contributed by atoms with Gasteiger partial charge in [-0.2, -0.15) is 0 Å². The molecule has 1 aromatic carbocycles. The summed E-state index contributed by atoms with van der Waals surface area (Å²) in [6.07, 6.45) is 5.18. The van der Waals surface area contributed by atoms with Gasteiger partial charge in [0.05, 0.1) is 0 Å². The molecule has 0 atom stereocenters. The molecule has 140 valence electrons. The van der Waals surface area contributed by atoms with Crippen LogP contribution in [-0.2, 0) is 16.1 Å². The highest BCUT2D eigenvalue weighted by molar-refractivity contribution is 5.97. The zero-order valence-electron chi connectivity index (χ0n) is 15.2. The maximum Gasteiger partial charge on any atom is 0.329 e. The molecule has 1 aliphatic heterocycles. The molecular formula is C20H26N2O4. The number of nitrogens with zero attached hydrogens (tertiary/aromatic N) is 2. The van der Waals surface area contributed by atoms with Crippen molar-refractivity contribution in [3.63, 3.8) is 0 Å². The number of amides is 2. The van der Waals surface area contributed by atoms with E-state index in [1.54, 1.807) is 19.2 Å². The monoisotopic (exact) mass is 358 g/mol. The van der Waals surface area contributed by atoms with E-state index in [1.165, 1.54) is 4.90 Å². The number of hydrogen-bond acceptors (Lipinski definition) is 3. The van der Waals surface area contributed by atoms with E-state index in [2.05, 4.69) is 0 Å². The van der Waals surface area contributed by atoms with Crippen LogP contribution in [0.1, 0.15) is 60.9 Å². The zero-order chi connectivity index (χ0) is 18.7. The Hall–Kier alpha value is -2.37. The summed E-state index contributed by atoms with van der Waals surface area (Å²) in [5.41, 5.74) is 0.357. The third-order valence-electron chi connectivity index (χ3n) is 5.77. The molecule has 1 saturated carbocycles. The fourth-order valence-corrected chi connectivity index (χ4v) is 4.06. The van der Waals surface area contributed by atoms with Crippen molar-refractivity contribution in [1.82, 2.24) is 9.80 Å². The van der Waals surface area contributed by atoms with E-state index in [0.29, 0.717) is 31.4 Å². The van der Waals surface area contributed by atoms with Gasteiger partial charge in [-0.15, -0.1) is 0 Å². The maximum atomic E-state index is 12.9. The van der Waals surface area contributed by atoms with Gasteiger partial charge in [-0.3, -0.25) is 9.59 Å². The Morgan fingerprint density at radius 1 is 1.12 bits per heavy atom. The van der Waals surface area contributed by atoms with Crippen molar-refractivity contribution >= 4 is 17.8 Å². The highest BCUT2D eigenvalue weighted by Gasteiger charge is 2.45. The molecule has 6 heteroatoms. The first kappa shape index (κ1) is 18.4. The van der Waals surface area contributed by atoms with E-state index in [1.807, 2.05) is 17.0 Å². The average Bonchev–Trinajstić information content (AvgIpc) is 3.06. The molecule has 3 rings (SSSR count). The first-order valence-corrected chi connectivity index (χ1v) is 9.32. The minimum absolute atomic E-state index is 0.172. The highest BCUT2D eigenvalue weighted by Crippen LogP contribution is 2.34. The third kappa shape index (κ3) is 3.45. The highest BCUT2D eigenvalue weighted by atomic mass is 16.4. The second kappa shape index (κ2) is 7.48. The molecule has 0 bridgehead atoms. The summed E-state index contributed by atoms with van der Waals surface area (Å²) in [4.78, 5) is 39.7. The van der Waals surface area contributed by atoms with Gasteiger partial charge in [0, 0.05) is 32.1 Å². The molecule has 1 aliphatic carbocycles. The van der Waals surface area contributed by atoms with Gasteiger partial charge < -0.3 is 14.9 Å². The largest absolute Gasteiger partial charge is 0.479 e. The van der Waals surface area contributed by atoms with Crippen LogP contribution < -0.4 is 0 Å². The van der Waals surface area contributed by atoms with Crippen LogP contribution in [0, 0.1) is 0 Å². The van der Waals surface area contributed by atoms with Crippen LogP contribution in [0.2, 0.25) is 0 Å². The number of likely N-dealkylation sites (tertiary alicyclic amines) is 1. The minimum atomic E-state index is -1.10. The van der Waals surface area contributed by atoms with Crippen molar-refractivity contribution in [2.45, 2.75) is 57.0 Å². The quantitative estimate of drug-likeness (QED) is 0.878. The maximum absolute atomic E-state index is 12.9. The van der Waals surface area contributed by atoms with Gasteiger partial charge in [0.2, 0.25) is 5.91 Å². The molecule has 0 radical (unpaired) electrons. The lowest BCUT2D eigenvalue weighted by atomic mass is 9.80. The van der Waals surface area contributed by atoms with Crippen molar-refractivity contribution in [2.24, 2.45) is 0 Å². The molecule has 2 aliphatic rings. The van der Waals surface area contributed by atoms with Gasteiger partial charge >= 0.3 is 5.97 Å². The molecular weight excluding hydrogens is 332 g/mol. The van der Waals surface area contributed by atoms with Crippen molar-refractivity contribution in [1.29, 1.82) is 0 Å². The van der Waals surface area contributed by atoms with Crippen LogP contribution in [0.3, 0.4) is 0 Å². The number of carbonyl (C=O) groups is 3. The predicted molar refractivity (Wildman–Crippen MR) is 96.6 cm³/mol. The van der Waals surface area contributed by atoms with Crippen molar-refractivity contribution in [2.75, 3.05) is 13.6 Å². The van der Waals surface area contributed by atoms with Crippen molar-refractivity contribution in [3.8, 4) is 0 Å². The molecule has 1 N–H and O–H groups in total. The van der Waals surface area contributed by atoms with Crippen LogP contribution >= 0.6 is 0 Å². The number of carbonyl (C=O) groups excluding carboxylic acids is 2. The SMILES string of the molecule is CN(C(=O)c1ccc(CN2CCCC2=O)cc1)C1(C(=O)O)CCCCC1. The predicted octanol–water partition coefficient (Wildman–Crippen LogP) is 2.67. The van der Waals surface area contributed by atoms with Crippen LogP contribution in [0.15, 0.2) is 24.3 Å². The van der Waals surface area contributed by atoms with Crippen molar-refractivity contribution in [3.05, 3.63) is 35.4 Å². The summed E-state index contributed by atoms with van der Waals surface area (Å²) in [6, 6.07) is 7.15. The minimum Gasteiger partial charge on any atom is -0.479 e. The first-order chi connectivity index (χ1) is 12.4. The molecule has 1 aromatic rings. The summed E-state index contributed by atoms with van der Waals surface area (Å²) in [5.74, 6) is -1.01. The van der Waals surface area contributed by atoms with Gasteiger partial charge in [0.1, 0.15) is 5.54 Å². The smallest absolute Gasteiger partial charge is 0.329 e. The lowest BCUT2D eigenvalue weighted by Gasteiger charge is -2.41. The fourth-order valence-electron chi connectivity index (χ4n) is 4.06. The lowest BCUT2D eigenvalue weighted by Crippen LogP contribution is -2.56. The summed E-state index contributed by atoms with van der Waals surface area (Å²) in [7, 11) is 1.60. The van der Waals surface area contributed by atoms with E-state index in [9.17, 15) is 19.5 Å². The molecule has 0 spiro atoms. The number of likely N-dealkylation sites (N-methyl/N-ethyl adjacent to an activating group) is 1. The summed E-state index contributed by atoms with van der Waals surface area (Å²) >= 11 is 0. The lowest BCUT2D eigenvalue weighted by molar-refractivity contribution is -0.151. The molecule has 6 nitrogen and oxygen atoms in total. The zero-order valence-corrected chi connectivity index (χ0v) is 15.2. The Morgan fingerprint density at radius 3 is 2.31 bits per heavy atom. The van der Waals surface area contributed by atoms with Crippen molar-refractivity contribution < 1.29 is 19.5 Å². The van der Waals surface area contributed by atoms with Gasteiger partial charge in [-0.25, -0.2) is 4.79 Å². The number of carboxylic acids is 1. The number of carboxylic acid groups (broad SMARTS) is 1. The fraction of sp³-hybridized carbons (Fsp3) is 0.550. The second-order valence-corrected chi connectivity index (χ2v) is 7.38. The van der Waals surface area contributed by atoms with Crippen LogP contribution in [0.25, 0.3) is 0 Å².